The molecule has 0 spiro atoms. The zero-order valence-electron chi connectivity index (χ0n) is 11.1. The van der Waals surface area contributed by atoms with Crippen molar-refractivity contribution in [1.29, 1.82) is 0 Å². The minimum Gasteiger partial charge on any atom is -0.336 e. The first-order chi connectivity index (χ1) is 9.70. The molecule has 2 N–H and O–H groups in total. The van der Waals surface area contributed by atoms with Crippen molar-refractivity contribution in [2.45, 2.75) is 6.42 Å². The first kappa shape index (κ1) is 15.2. The molecule has 1 amide bonds. The van der Waals surface area contributed by atoms with E-state index in [0.717, 1.165) is 15.1 Å². The highest BCUT2D eigenvalue weighted by atomic mass is 79.9. The fourth-order valence-corrected chi connectivity index (χ4v) is 3.32. The Morgan fingerprint density at radius 2 is 1.90 bits per heavy atom. The summed E-state index contributed by atoms with van der Waals surface area (Å²) in [6, 6.07) is 13.9. The van der Waals surface area contributed by atoms with Crippen LogP contribution in [0.5, 0.6) is 0 Å². The number of hydrogen-bond acceptors (Lipinski definition) is 3. The molecule has 0 bridgehead atoms. The monoisotopic (exact) mass is 352 g/mol. The van der Waals surface area contributed by atoms with E-state index in [1.54, 1.807) is 0 Å². The second kappa shape index (κ2) is 7.57. The molecule has 5 heteroatoms. The van der Waals surface area contributed by atoms with Crippen LogP contribution in [-0.4, -0.2) is 30.4 Å². The molecule has 106 valence electrons. The normalized spacial score (nSPS) is 10.5. The van der Waals surface area contributed by atoms with Crippen molar-refractivity contribution >= 4 is 33.2 Å². The number of carbonyl (C=O) groups excluding carboxylic acids is 1. The van der Waals surface area contributed by atoms with Gasteiger partial charge in [0.1, 0.15) is 0 Å². The molecule has 0 atom stereocenters. The van der Waals surface area contributed by atoms with Crippen molar-refractivity contribution in [2.24, 2.45) is 5.73 Å². The Hall–Kier alpha value is -1.17. The Morgan fingerprint density at radius 3 is 2.50 bits per heavy atom. The van der Waals surface area contributed by atoms with Crippen LogP contribution < -0.4 is 5.73 Å². The quantitative estimate of drug-likeness (QED) is 0.867. The Balaban J connectivity index is 2.01. The number of nitrogens with zero attached hydrogens (tertiary/aromatic N) is 1. The average molecular weight is 353 g/mol. The fraction of sp³-hybridized carbons (Fsp3) is 0.267. The third-order valence-electron chi connectivity index (χ3n) is 2.98. The second-order valence-corrected chi connectivity index (χ2v) is 6.88. The minimum absolute atomic E-state index is 0.0575. The summed E-state index contributed by atoms with van der Waals surface area (Å²) in [4.78, 5) is 15.0. The maximum absolute atomic E-state index is 12.4. The molecule has 0 saturated carbocycles. The molecular weight excluding hydrogens is 336 g/mol. The maximum Gasteiger partial charge on any atom is 0.264 e. The van der Waals surface area contributed by atoms with E-state index in [1.165, 1.54) is 16.9 Å². The van der Waals surface area contributed by atoms with Gasteiger partial charge in [-0.1, -0.05) is 30.3 Å². The Bertz CT molecular complexity index is 556. The summed E-state index contributed by atoms with van der Waals surface area (Å²) in [5.74, 6) is 0.0575. The molecule has 0 saturated heterocycles. The van der Waals surface area contributed by atoms with Crippen LogP contribution in [0.25, 0.3) is 0 Å². The lowest BCUT2D eigenvalue weighted by Crippen LogP contribution is -2.36. The largest absolute Gasteiger partial charge is 0.336 e. The summed E-state index contributed by atoms with van der Waals surface area (Å²) < 4.78 is 0.969. The zero-order valence-corrected chi connectivity index (χ0v) is 13.5. The van der Waals surface area contributed by atoms with Crippen LogP contribution in [0, 0.1) is 0 Å². The summed E-state index contributed by atoms with van der Waals surface area (Å²) in [5.41, 5.74) is 6.85. The van der Waals surface area contributed by atoms with Gasteiger partial charge in [-0.2, -0.15) is 0 Å². The van der Waals surface area contributed by atoms with Crippen molar-refractivity contribution < 1.29 is 4.79 Å². The van der Waals surface area contributed by atoms with Gasteiger partial charge in [-0.15, -0.1) is 11.3 Å². The molecule has 0 unspecified atom stereocenters. The van der Waals surface area contributed by atoms with E-state index in [4.69, 9.17) is 5.73 Å². The van der Waals surface area contributed by atoms with Crippen molar-refractivity contribution in [3.8, 4) is 0 Å². The number of thiophene rings is 1. The smallest absolute Gasteiger partial charge is 0.264 e. The highest BCUT2D eigenvalue weighted by Gasteiger charge is 2.16. The third-order valence-corrected chi connectivity index (χ3v) is 4.60. The molecule has 0 radical (unpaired) electrons. The second-order valence-electron chi connectivity index (χ2n) is 4.42. The van der Waals surface area contributed by atoms with Crippen molar-refractivity contribution in [3.05, 3.63) is 56.7 Å². The molecule has 1 aromatic carbocycles. The summed E-state index contributed by atoms with van der Waals surface area (Å²) in [6.07, 6.45) is 0.846. The predicted molar refractivity (Wildman–Crippen MR) is 87.1 cm³/mol. The van der Waals surface area contributed by atoms with Crippen LogP contribution in [0.2, 0.25) is 0 Å². The van der Waals surface area contributed by atoms with Crippen molar-refractivity contribution in [1.82, 2.24) is 4.90 Å². The van der Waals surface area contributed by atoms with Gasteiger partial charge in [-0.3, -0.25) is 4.79 Å². The van der Waals surface area contributed by atoms with Gasteiger partial charge in [0, 0.05) is 19.6 Å². The van der Waals surface area contributed by atoms with Gasteiger partial charge in [0.15, 0.2) is 0 Å². The Kier molecular flexibility index (Phi) is 5.76. The van der Waals surface area contributed by atoms with E-state index in [9.17, 15) is 4.79 Å². The fourth-order valence-electron chi connectivity index (χ4n) is 1.96. The average Bonchev–Trinajstić information content (AvgIpc) is 2.90. The SMILES string of the molecule is NCCN(CCc1ccccc1)C(=O)c1ccc(Br)s1. The minimum atomic E-state index is 0.0575. The standard InChI is InChI=1S/C15H17BrN2OS/c16-14-7-6-13(20-14)15(19)18(11-9-17)10-8-12-4-2-1-3-5-12/h1-7H,8-11,17H2. The Morgan fingerprint density at radius 1 is 1.15 bits per heavy atom. The summed E-state index contributed by atoms with van der Waals surface area (Å²) in [6.45, 7) is 1.75. The van der Waals surface area contributed by atoms with Crippen molar-refractivity contribution in [2.75, 3.05) is 19.6 Å². The van der Waals surface area contributed by atoms with Gasteiger partial charge in [0.05, 0.1) is 8.66 Å². The molecular formula is C15H17BrN2OS. The topological polar surface area (TPSA) is 46.3 Å². The molecule has 0 aliphatic rings. The lowest BCUT2D eigenvalue weighted by Gasteiger charge is -2.21. The van der Waals surface area contributed by atoms with Gasteiger partial charge >= 0.3 is 0 Å². The van der Waals surface area contributed by atoms with Gasteiger partial charge in [-0.25, -0.2) is 0 Å². The molecule has 0 aliphatic heterocycles. The molecule has 2 rings (SSSR count). The van der Waals surface area contributed by atoms with Crippen LogP contribution in [0.15, 0.2) is 46.3 Å². The van der Waals surface area contributed by atoms with Gasteiger partial charge in [0.2, 0.25) is 0 Å². The molecule has 2 aromatic rings. The van der Waals surface area contributed by atoms with E-state index < -0.39 is 0 Å². The molecule has 0 aliphatic carbocycles. The van der Waals surface area contributed by atoms with Gasteiger partial charge < -0.3 is 10.6 Å². The number of benzene rings is 1. The van der Waals surface area contributed by atoms with Crippen LogP contribution in [0.4, 0.5) is 0 Å². The number of halogens is 1. The Labute approximate surface area is 131 Å². The predicted octanol–water partition coefficient (Wildman–Crippen LogP) is 3.15. The molecule has 3 nitrogen and oxygen atoms in total. The van der Waals surface area contributed by atoms with Crippen LogP contribution in [0.3, 0.4) is 0 Å². The van der Waals surface area contributed by atoms with E-state index in [1.807, 2.05) is 35.2 Å². The number of nitrogens with two attached hydrogens (primary N) is 1. The van der Waals surface area contributed by atoms with Gasteiger partial charge in [0.25, 0.3) is 5.91 Å². The maximum atomic E-state index is 12.4. The summed E-state index contributed by atoms with van der Waals surface area (Å²) >= 11 is 4.84. The summed E-state index contributed by atoms with van der Waals surface area (Å²) in [7, 11) is 0. The lowest BCUT2D eigenvalue weighted by atomic mass is 10.1. The van der Waals surface area contributed by atoms with Crippen molar-refractivity contribution in [3.63, 3.8) is 0 Å². The first-order valence-corrected chi connectivity index (χ1v) is 8.10. The van der Waals surface area contributed by atoms with E-state index in [2.05, 4.69) is 28.1 Å². The zero-order chi connectivity index (χ0) is 14.4. The number of amides is 1. The molecule has 1 aromatic heterocycles. The first-order valence-electron chi connectivity index (χ1n) is 6.49. The van der Waals surface area contributed by atoms with E-state index in [0.29, 0.717) is 19.6 Å². The van der Waals surface area contributed by atoms with Crippen LogP contribution in [-0.2, 0) is 6.42 Å². The number of carbonyl (C=O) groups is 1. The molecule has 20 heavy (non-hydrogen) atoms. The summed E-state index contributed by atoms with van der Waals surface area (Å²) in [5, 5.41) is 0. The molecule has 0 fully saturated rings. The number of rotatable bonds is 6. The van der Waals surface area contributed by atoms with E-state index in [-0.39, 0.29) is 5.91 Å². The van der Waals surface area contributed by atoms with Crippen LogP contribution in [0.1, 0.15) is 15.2 Å². The highest BCUT2D eigenvalue weighted by molar-refractivity contribution is 9.11. The van der Waals surface area contributed by atoms with Gasteiger partial charge in [-0.05, 0) is 40.0 Å². The van der Waals surface area contributed by atoms with Crippen LogP contribution >= 0.6 is 27.3 Å². The lowest BCUT2D eigenvalue weighted by molar-refractivity contribution is 0.0767. The van der Waals surface area contributed by atoms with E-state index >= 15 is 0 Å². The third kappa shape index (κ3) is 4.16. The highest BCUT2D eigenvalue weighted by Crippen LogP contribution is 2.23. The molecule has 1 heterocycles. The number of hydrogen-bond donors (Lipinski definition) is 1.